The molecule has 0 spiro atoms. The maximum Gasteiger partial charge on any atom is 0.271 e. The zero-order valence-electron chi connectivity index (χ0n) is 10.5. The minimum absolute atomic E-state index is 0.0812. The molecule has 2 N–H and O–H groups in total. The summed E-state index contributed by atoms with van der Waals surface area (Å²) in [6.45, 7) is 3.56. The van der Waals surface area contributed by atoms with E-state index in [0.717, 1.165) is 5.65 Å². The Balaban J connectivity index is 2.09. The summed E-state index contributed by atoms with van der Waals surface area (Å²) in [5.41, 5.74) is 1.13. The van der Waals surface area contributed by atoms with Crippen molar-refractivity contribution in [3.05, 3.63) is 36.3 Å². The molecule has 0 saturated carbocycles. The van der Waals surface area contributed by atoms with Crippen LogP contribution in [0.15, 0.2) is 30.6 Å². The maximum absolute atomic E-state index is 11.9. The van der Waals surface area contributed by atoms with Crippen LogP contribution in [0.5, 0.6) is 0 Å². The molecule has 96 valence electrons. The first-order valence-corrected chi connectivity index (χ1v) is 5.99. The summed E-state index contributed by atoms with van der Waals surface area (Å²) in [5.74, 6) is -0.216. The fraction of sp³-hybridized carbons (Fsp3) is 0.385. The van der Waals surface area contributed by atoms with E-state index < -0.39 is 6.10 Å². The van der Waals surface area contributed by atoms with Crippen LogP contribution < -0.4 is 5.32 Å². The van der Waals surface area contributed by atoms with Crippen LogP contribution in [0.1, 0.15) is 30.8 Å². The summed E-state index contributed by atoms with van der Waals surface area (Å²) in [6.07, 6.45) is 3.64. The van der Waals surface area contributed by atoms with Gasteiger partial charge in [0, 0.05) is 18.4 Å². The van der Waals surface area contributed by atoms with Crippen molar-refractivity contribution in [2.45, 2.75) is 32.4 Å². The van der Waals surface area contributed by atoms with E-state index >= 15 is 0 Å². The van der Waals surface area contributed by atoms with E-state index in [1.54, 1.807) is 17.5 Å². The number of hydrogen-bond acceptors (Lipinski definition) is 3. The van der Waals surface area contributed by atoms with E-state index in [4.69, 9.17) is 0 Å². The maximum atomic E-state index is 11.9. The fourth-order valence-corrected chi connectivity index (χ4v) is 1.91. The molecule has 0 aliphatic rings. The van der Waals surface area contributed by atoms with Gasteiger partial charge in [0.1, 0.15) is 11.3 Å². The van der Waals surface area contributed by atoms with E-state index in [9.17, 15) is 9.90 Å². The molecule has 2 rings (SSSR count). The molecule has 0 radical (unpaired) electrons. The molecule has 0 aliphatic heterocycles. The number of nitrogens with zero attached hydrogens (tertiary/aromatic N) is 2. The van der Waals surface area contributed by atoms with Gasteiger partial charge in [0.25, 0.3) is 5.91 Å². The first-order valence-electron chi connectivity index (χ1n) is 5.99. The number of carbonyl (C=O) groups is 1. The molecule has 2 unspecified atom stereocenters. The van der Waals surface area contributed by atoms with Crippen LogP contribution >= 0.6 is 0 Å². The number of amides is 1. The van der Waals surface area contributed by atoms with E-state index in [-0.39, 0.29) is 11.9 Å². The number of nitrogens with one attached hydrogen (secondary N) is 1. The predicted molar refractivity (Wildman–Crippen MR) is 68.4 cm³/mol. The number of imidazole rings is 1. The number of aliphatic hydroxyl groups excluding tert-OH is 1. The van der Waals surface area contributed by atoms with Crippen LogP contribution in [0, 0.1) is 0 Å². The van der Waals surface area contributed by atoms with Crippen LogP contribution in [0.25, 0.3) is 5.65 Å². The topological polar surface area (TPSA) is 66.6 Å². The van der Waals surface area contributed by atoms with Gasteiger partial charge < -0.3 is 14.8 Å². The van der Waals surface area contributed by atoms with Crippen LogP contribution in [-0.2, 0) is 0 Å². The van der Waals surface area contributed by atoms with Gasteiger partial charge >= 0.3 is 0 Å². The Morgan fingerprint density at radius 1 is 1.50 bits per heavy atom. The van der Waals surface area contributed by atoms with Crippen LogP contribution in [0.3, 0.4) is 0 Å². The Morgan fingerprint density at radius 2 is 2.28 bits per heavy atom. The van der Waals surface area contributed by atoms with Crippen molar-refractivity contribution >= 4 is 11.6 Å². The number of aliphatic hydroxyl groups is 1. The second-order valence-corrected chi connectivity index (χ2v) is 4.55. The van der Waals surface area contributed by atoms with Gasteiger partial charge in [-0.25, -0.2) is 4.98 Å². The van der Waals surface area contributed by atoms with Gasteiger partial charge in [-0.15, -0.1) is 0 Å². The third-order valence-electron chi connectivity index (χ3n) is 2.67. The van der Waals surface area contributed by atoms with Crippen LogP contribution in [0.4, 0.5) is 0 Å². The quantitative estimate of drug-likeness (QED) is 0.853. The highest BCUT2D eigenvalue weighted by Gasteiger charge is 2.14. The summed E-state index contributed by atoms with van der Waals surface area (Å²) in [5, 5.41) is 12.1. The summed E-state index contributed by atoms with van der Waals surface area (Å²) >= 11 is 0. The van der Waals surface area contributed by atoms with E-state index in [1.807, 2.05) is 31.3 Å². The zero-order valence-corrected chi connectivity index (χ0v) is 10.5. The third-order valence-corrected chi connectivity index (χ3v) is 2.67. The number of rotatable bonds is 4. The largest absolute Gasteiger partial charge is 0.393 e. The van der Waals surface area contributed by atoms with Crippen LogP contribution in [0.2, 0.25) is 0 Å². The van der Waals surface area contributed by atoms with Crippen LogP contribution in [-0.4, -0.2) is 32.5 Å². The van der Waals surface area contributed by atoms with E-state index in [0.29, 0.717) is 12.1 Å². The van der Waals surface area contributed by atoms with Gasteiger partial charge in [0.05, 0.1) is 6.10 Å². The first-order chi connectivity index (χ1) is 8.56. The highest BCUT2D eigenvalue weighted by molar-refractivity contribution is 5.93. The molecule has 5 heteroatoms. The van der Waals surface area contributed by atoms with Crippen molar-refractivity contribution in [1.82, 2.24) is 14.7 Å². The van der Waals surface area contributed by atoms with Gasteiger partial charge in [-0.05, 0) is 32.4 Å². The summed E-state index contributed by atoms with van der Waals surface area (Å²) in [4.78, 5) is 16.2. The molecule has 0 bridgehead atoms. The Hall–Kier alpha value is -1.88. The first kappa shape index (κ1) is 12.6. The average molecular weight is 247 g/mol. The Morgan fingerprint density at radius 3 is 2.94 bits per heavy atom. The molecule has 0 fully saturated rings. The van der Waals surface area contributed by atoms with Crippen molar-refractivity contribution in [3.8, 4) is 0 Å². The highest BCUT2D eigenvalue weighted by Crippen LogP contribution is 2.05. The van der Waals surface area contributed by atoms with Gasteiger partial charge in [-0.2, -0.15) is 0 Å². The van der Waals surface area contributed by atoms with Gasteiger partial charge in [0.15, 0.2) is 0 Å². The molecule has 2 atom stereocenters. The number of aromatic nitrogens is 2. The van der Waals surface area contributed by atoms with E-state index in [2.05, 4.69) is 10.3 Å². The van der Waals surface area contributed by atoms with Crippen molar-refractivity contribution in [2.75, 3.05) is 0 Å². The number of pyridine rings is 1. The number of carbonyl (C=O) groups excluding carboxylic acids is 1. The number of fused-ring (bicyclic) bond motifs is 1. The van der Waals surface area contributed by atoms with Crippen molar-refractivity contribution in [1.29, 1.82) is 0 Å². The molecule has 18 heavy (non-hydrogen) atoms. The van der Waals surface area contributed by atoms with Crippen molar-refractivity contribution in [3.63, 3.8) is 0 Å². The highest BCUT2D eigenvalue weighted by atomic mass is 16.3. The molecule has 1 amide bonds. The molecule has 2 aromatic heterocycles. The molecule has 0 aromatic carbocycles. The molecular formula is C13H17N3O2. The smallest absolute Gasteiger partial charge is 0.271 e. The number of hydrogen-bond donors (Lipinski definition) is 2. The third kappa shape index (κ3) is 2.87. The minimum Gasteiger partial charge on any atom is -0.393 e. The Bertz CT molecular complexity index is 515. The summed E-state index contributed by atoms with van der Waals surface area (Å²) in [6, 6.07) is 5.52. The minimum atomic E-state index is -0.429. The molecule has 5 nitrogen and oxygen atoms in total. The lowest BCUT2D eigenvalue weighted by molar-refractivity contribution is 0.0918. The molecule has 2 aromatic rings. The summed E-state index contributed by atoms with van der Waals surface area (Å²) in [7, 11) is 0. The summed E-state index contributed by atoms with van der Waals surface area (Å²) < 4.78 is 1.80. The lowest BCUT2D eigenvalue weighted by Crippen LogP contribution is -2.34. The monoisotopic (exact) mass is 247 g/mol. The second kappa shape index (κ2) is 5.18. The lowest BCUT2D eigenvalue weighted by Gasteiger charge is -2.14. The standard InChI is InChI=1S/C13H17N3O2/c1-9(7-10(2)17)14-13(18)11-8-16-6-4-3-5-12(16)15-11/h3-6,8-10,17H,7H2,1-2H3,(H,14,18). The Kier molecular flexibility index (Phi) is 3.62. The van der Waals surface area contributed by atoms with Gasteiger partial charge in [-0.1, -0.05) is 6.07 Å². The van der Waals surface area contributed by atoms with Crippen molar-refractivity contribution in [2.24, 2.45) is 0 Å². The predicted octanol–water partition coefficient (Wildman–Crippen LogP) is 1.22. The Labute approximate surface area is 105 Å². The van der Waals surface area contributed by atoms with Gasteiger partial charge in [-0.3, -0.25) is 4.79 Å². The second-order valence-electron chi connectivity index (χ2n) is 4.55. The fourth-order valence-electron chi connectivity index (χ4n) is 1.91. The van der Waals surface area contributed by atoms with E-state index in [1.165, 1.54) is 0 Å². The SMILES string of the molecule is CC(O)CC(C)NC(=O)c1cn2ccccc2n1. The molecule has 0 aliphatic carbocycles. The van der Waals surface area contributed by atoms with Gasteiger partial charge in [0.2, 0.25) is 0 Å². The zero-order chi connectivity index (χ0) is 13.1. The lowest BCUT2D eigenvalue weighted by atomic mass is 10.1. The molecular weight excluding hydrogens is 230 g/mol. The normalized spacial score (nSPS) is 14.4. The molecule has 2 heterocycles. The average Bonchev–Trinajstić information content (AvgIpc) is 2.71. The van der Waals surface area contributed by atoms with Crippen molar-refractivity contribution < 1.29 is 9.90 Å². The molecule has 0 saturated heterocycles.